The van der Waals surface area contributed by atoms with Gasteiger partial charge in [-0.3, -0.25) is 4.79 Å². The van der Waals surface area contributed by atoms with Crippen LogP contribution in [0.25, 0.3) is 0 Å². The van der Waals surface area contributed by atoms with Gasteiger partial charge in [-0.2, -0.15) is 0 Å². The third-order valence-corrected chi connectivity index (χ3v) is 6.11. The smallest absolute Gasteiger partial charge is 0.239 e. The Kier molecular flexibility index (Phi) is 5.81. The van der Waals surface area contributed by atoms with Gasteiger partial charge in [0.25, 0.3) is 0 Å². The highest BCUT2D eigenvalue weighted by atomic mass is 32.2. The molecule has 0 saturated carbocycles. The number of carbonyl (C=O) groups excluding carboxylic acids is 1. The number of nitrogens with zero attached hydrogens (tertiary/aromatic N) is 2. The predicted molar refractivity (Wildman–Crippen MR) is 98.1 cm³/mol. The standard InChI is InChI=1S/C17H26N4O4S/c18-16(13-5-11-25-12-6-13)17(22)21-9-7-20(8-10-21)14-1-3-15(4-2-14)26(19,23)24/h1-4,13,16H,5-12,18H2,(H2,19,23,24). The van der Waals surface area contributed by atoms with E-state index >= 15 is 0 Å². The van der Waals surface area contributed by atoms with Gasteiger partial charge in [0.2, 0.25) is 15.9 Å². The fourth-order valence-electron chi connectivity index (χ4n) is 3.52. The van der Waals surface area contributed by atoms with Crippen molar-refractivity contribution in [3.63, 3.8) is 0 Å². The Bertz CT molecular complexity index is 724. The van der Waals surface area contributed by atoms with E-state index < -0.39 is 16.1 Å². The van der Waals surface area contributed by atoms with Crippen molar-refractivity contribution >= 4 is 21.6 Å². The second-order valence-corrected chi connectivity index (χ2v) is 8.39. The molecule has 8 nitrogen and oxygen atoms in total. The molecule has 0 bridgehead atoms. The summed E-state index contributed by atoms with van der Waals surface area (Å²) < 4.78 is 28.0. The van der Waals surface area contributed by atoms with Crippen molar-refractivity contribution in [1.82, 2.24) is 4.90 Å². The Morgan fingerprint density at radius 1 is 1.08 bits per heavy atom. The third-order valence-electron chi connectivity index (χ3n) is 5.18. The number of rotatable bonds is 4. The summed E-state index contributed by atoms with van der Waals surface area (Å²) in [4.78, 5) is 16.7. The fourth-order valence-corrected chi connectivity index (χ4v) is 4.03. The summed E-state index contributed by atoms with van der Waals surface area (Å²) in [5, 5.41) is 5.12. The maximum absolute atomic E-state index is 12.7. The van der Waals surface area contributed by atoms with Crippen molar-refractivity contribution in [1.29, 1.82) is 0 Å². The van der Waals surface area contributed by atoms with Crippen LogP contribution in [0.5, 0.6) is 0 Å². The van der Waals surface area contributed by atoms with Crippen LogP contribution in [0.3, 0.4) is 0 Å². The maximum atomic E-state index is 12.7. The van der Waals surface area contributed by atoms with Gasteiger partial charge in [0.15, 0.2) is 0 Å². The number of nitrogens with two attached hydrogens (primary N) is 2. The number of ether oxygens (including phenoxy) is 1. The van der Waals surface area contributed by atoms with Gasteiger partial charge in [-0.15, -0.1) is 0 Å². The molecule has 0 aromatic heterocycles. The number of hydrogen-bond acceptors (Lipinski definition) is 6. The minimum atomic E-state index is -3.68. The number of carbonyl (C=O) groups is 1. The van der Waals surface area contributed by atoms with E-state index in [1.54, 1.807) is 12.1 Å². The Hall–Kier alpha value is -1.68. The van der Waals surface area contributed by atoms with E-state index in [2.05, 4.69) is 4.90 Å². The molecule has 4 N–H and O–H groups in total. The second kappa shape index (κ2) is 7.91. The van der Waals surface area contributed by atoms with E-state index in [0.29, 0.717) is 39.4 Å². The summed E-state index contributed by atoms with van der Waals surface area (Å²) in [5.41, 5.74) is 7.11. The van der Waals surface area contributed by atoms with Crippen LogP contribution in [0.15, 0.2) is 29.2 Å². The van der Waals surface area contributed by atoms with Gasteiger partial charge in [-0.25, -0.2) is 13.6 Å². The van der Waals surface area contributed by atoms with Gasteiger partial charge in [-0.1, -0.05) is 0 Å². The van der Waals surface area contributed by atoms with Crippen LogP contribution in [0.1, 0.15) is 12.8 Å². The molecule has 1 unspecified atom stereocenters. The molecule has 2 aliphatic heterocycles. The summed E-state index contributed by atoms with van der Waals surface area (Å²) in [6.07, 6.45) is 1.67. The normalized spacial score (nSPS) is 20.8. The molecule has 1 aromatic carbocycles. The Morgan fingerprint density at radius 3 is 2.19 bits per heavy atom. The topological polar surface area (TPSA) is 119 Å². The quantitative estimate of drug-likeness (QED) is 0.740. The van der Waals surface area contributed by atoms with Gasteiger partial charge >= 0.3 is 0 Å². The molecular formula is C17H26N4O4S. The van der Waals surface area contributed by atoms with Crippen LogP contribution in [0.2, 0.25) is 0 Å². The van der Waals surface area contributed by atoms with Crippen molar-refractivity contribution in [2.75, 3.05) is 44.3 Å². The molecule has 9 heteroatoms. The first-order valence-corrected chi connectivity index (χ1v) is 10.4. The van der Waals surface area contributed by atoms with Gasteiger partial charge < -0.3 is 20.3 Å². The third kappa shape index (κ3) is 4.35. The lowest BCUT2D eigenvalue weighted by molar-refractivity contribution is -0.135. The Labute approximate surface area is 154 Å². The Balaban J connectivity index is 1.56. The molecule has 0 radical (unpaired) electrons. The number of piperazine rings is 1. The highest BCUT2D eigenvalue weighted by molar-refractivity contribution is 7.89. The van der Waals surface area contributed by atoms with E-state index in [4.69, 9.17) is 15.6 Å². The molecule has 0 aliphatic carbocycles. The largest absolute Gasteiger partial charge is 0.381 e. The number of hydrogen-bond donors (Lipinski definition) is 2. The monoisotopic (exact) mass is 382 g/mol. The molecule has 144 valence electrons. The predicted octanol–water partition coefficient (Wildman–Crippen LogP) is -0.263. The molecule has 1 atom stereocenters. The van der Waals surface area contributed by atoms with Gasteiger partial charge in [0.05, 0.1) is 10.9 Å². The Morgan fingerprint density at radius 2 is 1.65 bits per heavy atom. The summed E-state index contributed by atoms with van der Waals surface area (Å²) >= 11 is 0. The first kappa shape index (κ1) is 19.1. The summed E-state index contributed by atoms with van der Waals surface area (Å²) in [6.45, 7) is 3.92. The van der Waals surface area contributed by atoms with E-state index in [-0.39, 0.29) is 16.7 Å². The molecule has 26 heavy (non-hydrogen) atoms. The van der Waals surface area contributed by atoms with Crippen molar-refractivity contribution in [3.05, 3.63) is 24.3 Å². The molecule has 2 fully saturated rings. The molecular weight excluding hydrogens is 356 g/mol. The highest BCUT2D eigenvalue weighted by Crippen LogP contribution is 2.22. The van der Waals surface area contributed by atoms with E-state index in [0.717, 1.165) is 18.5 Å². The molecule has 3 rings (SSSR count). The minimum Gasteiger partial charge on any atom is -0.381 e. The number of primary sulfonamides is 1. The summed E-state index contributed by atoms with van der Waals surface area (Å²) in [6, 6.07) is 6.03. The first-order chi connectivity index (χ1) is 12.4. The van der Waals surface area contributed by atoms with Crippen LogP contribution in [-0.2, 0) is 19.6 Å². The van der Waals surface area contributed by atoms with E-state index in [1.165, 1.54) is 12.1 Å². The van der Waals surface area contributed by atoms with Gasteiger partial charge in [-0.05, 0) is 43.0 Å². The lowest BCUT2D eigenvalue weighted by atomic mass is 9.91. The highest BCUT2D eigenvalue weighted by Gasteiger charge is 2.31. The molecule has 2 saturated heterocycles. The maximum Gasteiger partial charge on any atom is 0.239 e. The SMILES string of the molecule is NC(C(=O)N1CCN(c2ccc(S(N)(=O)=O)cc2)CC1)C1CCOCC1. The van der Waals surface area contributed by atoms with Crippen LogP contribution in [0, 0.1) is 5.92 Å². The number of sulfonamides is 1. The van der Waals surface area contributed by atoms with Crippen LogP contribution in [-0.4, -0.2) is 64.7 Å². The first-order valence-electron chi connectivity index (χ1n) is 8.86. The lowest BCUT2D eigenvalue weighted by Crippen LogP contribution is -2.55. The number of amides is 1. The number of anilines is 1. The molecule has 2 aliphatic rings. The van der Waals surface area contributed by atoms with Gasteiger partial charge in [0.1, 0.15) is 0 Å². The second-order valence-electron chi connectivity index (χ2n) is 6.83. The molecule has 1 aromatic rings. The van der Waals surface area contributed by atoms with Crippen molar-refractivity contribution in [3.8, 4) is 0 Å². The van der Waals surface area contributed by atoms with Crippen LogP contribution >= 0.6 is 0 Å². The van der Waals surface area contributed by atoms with E-state index in [9.17, 15) is 13.2 Å². The molecule has 0 spiro atoms. The zero-order valence-electron chi connectivity index (χ0n) is 14.7. The van der Waals surface area contributed by atoms with Gasteiger partial charge in [0, 0.05) is 45.1 Å². The van der Waals surface area contributed by atoms with E-state index in [1.807, 2.05) is 4.90 Å². The average Bonchev–Trinajstić information content (AvgIpc) is 2.67. The van der Waals surface area contributed by atoms with Crippen LogP contribution in [0.4, 0.5) is 5.69 Å². The zero-order chi connectivity index (χ0) is 18.7. The summed E-state index contributed by atoms with van der Waals surface area (Å²) in [7, 11) is -3.68. The molecule has 2 heterocycles. The van der Waals surface area contributed by atoms with Crippen molar-refractivity contribution in [2.45, 2.75) is 23.8 Å². The van der Waals surface area contributed by atoms with Crippen LogP contribution < -0.4 is 15.8 Å². The van der Waals surface area contributed by atoms with Crippen molar-refractivity contribution < 1.29 is 17.9 Å². The zero-order valence-corrected chi connectivity index (χ0v) is 15.5. The average molecular weight is 382 g/mol. The number of benzene rings is 1. The summed E-state index contributed by atoms with van der Waals surface area (Å²) in [5.74, 6) is 0.209. The minimum absolute atomic E-state index is 0.0149. The lowest BCUT2D eigenvalue weighted by Gasteiger charge is -2.38. The molecule has 1 amide bonds. The van der Waals surface area contributed by atoms with Crippen molar-refractivity contribution in [2.24, 2.45) is 16.8 Å². The fraction of sp³-hybridized carbons (Fsp3) is 0.588.